The van der Waals surface area contributed by atoms with Gasteiger partial charge in [-0.2, -0.15) is 10.2 Å². The van der Waals surface area contributed by atoms with Crippen LogP contribution in [0.2, 0.25) is 5.02 Å². The Bertz CT molecular complexity index is 864. The van der Waals surface area contributed by atoms with Gasteiger partial charge in [0.15, 0.2) is 5.76 Å². The fourth-order valence-corrected chi connectivity index (χ4v) is 2.14. The fourth-order valence-electron chi connectivity index (χ4n) is 1.95. The van der Waals surface area contributed by atoms with Crippen LogP contribution in [0.15, 0.2) is 45.2 Å². The molecular formula is C16H12ClN3O3. The van der Waals surface area contributed by atoms with Crippen LogP contribution in [-0.4, -0.2) is 12.0 Å². The Kier molecular flexibility index (Phi) is 4.22. The number of hydrogen-bond acceptors (Lipinski definition) is 6. The summed E-state index contributed by atoms with van der Waals surface area (Å²) in [5.41, 5.74) is 0.174. The van der Waals surface area contributed by atoms with Crippen molar-refractivity contribution in [2.45, 2.75) is 6.61 Å². The number of para-hydroxylation sites is 1. The van der Waals surface area contributed by atoms with E-state index in [1.807, 2.05) is 18.2 Å². The number of halogens is 1. The Labute approximate surface area is 137 Å². The number of benzene rings is 1. The van der Waals surface area contributed by atoms with Gasteiger partial charge in [0.25, 0.3) is 5.89 Å². The third-order valence-corrected chi connectivity index (χ3v) is 3.35. The molecule has 0 aliphatic carbocycles. The summed E-state index contributed by atoms with van der Waals surface area (Å²) in [7, 11) is 1.65. The van der Waals surface area contributed by atoms with Gasteiger partial charge in [0.05, 0.1) is 5.02 Å². The van der Waals surface area contributed by atoms with E-state index < -0.39 is 0 Å². The average Bonchev–Trinajstić information content (AvgIpc) is 3.20. The molecule has 0 saturated heterocycles. The zero-order valence-corrected chi connectivity index (χ0v) is 12.9. The van der Waals surface area contributed by atoms with Crippen LogP contribution in [0.25, 0.3) is 11.7 Å². The van der Waals surface area contributed by atoms with E-state index in [4.69, 9.17) is 30.4 Å². The normalized spacial score (nSPS) is 10.3. The fraction of sp³-hybridized carbons (Fsp3) is 0.125. The number of hydrogen-bond donors (Lipinski definition) is 1. The zero-order chi connectivity index (χ0) is 16.2. The molecule has 0 unspecified atom stereocenters. The van der Waals surface area contributed by atoms with E-state index in [0.717, 1.165) is 0 Å². The highest BCUT2D eigenvalue weighted by molar-refractivity contribution is 6.32. The monoisotopic (exact) mass is 329 g/mol. The molecule has 0 aliphatic rings. The standard InChI is InChI=1S/C16H12ClN3O3/c1-19-15-12(8-18)20-16(23-15)14-7-6-10(22-14)9-21-13-5-3-2-4-11(13)17/h2-7,19H,9H2,1H3. The summed E-state index contributed by atoms with van der Waals surface area (Å²) in [6.07, 6.45) is 0. The van der Waals surface area contributed by atoms with Gasteiger partial charge in [-0.1, -0.05) is 23.7 Å². The number of furan rings is 1. The molecule has 1 aromatic carbocycles. The van der Waals surface area contributed by atoms with E-state index in [9.17, 15) is 0 Å². The van der Waals surface area contributed by atoms with Crippen molar-refractivity contribution in [2.75, 3.05) is 12.4 Å². The maximum atomic E-state index is 8.98. The average molecular weight is 330 g/mol. The molecule has 0 fully saturated rings. The van der Waals surface area contributed by atoms with Crippen molar-refractivity contribution in [3.63, 3.8) is 0 Å². The molecule has 0 atom stereocenters. The molecule has 0 spiro atoms. The second-order valence-electron chi connectivity index (χ2n) is 4.54. The molecule has 0 bridgehead atoms. The molecule has 0 saturated carbocycles. The lowest BCUT2D eigenvalue weighted by Crippen LogP contribution is -1.93. The Morgan fingerprint density at radius 1 is 1.26 bits per heavy atom. The van der Waals surface area contributed by atoms with Crippen molar-refractivity contribution in [2.24, 2.45) is 0 Å². The summed E-state index contributed by atoms with van der Waals surface area (Å²) in [5.74, 6) is 2.11. The van der Waals surface area contributed by atoms with E-state index in [-0.39, 0.29) is 18.2 Å². The number of oxazole rings is 1. The smallest absolute Gasteiger partial charge is 0.266 e. The van der Waals surface area contributed by atoms with Crippen molar-refractivity contribution in [3.05, 3.63) is 52.9 Å². The van der Waals surface area contributed by atoms with Crippen molar-refractivity contribution in [1.82, 2.24) is 4.98 Å². The minimum absolute atomic E-state index is 0.174. The topological polar surface area (TPSA) is 84.2 Å². The number of nitrogens with zero attached hydrogens (tertiary/aromatic N) is 2. The third kappa shape index (κ3) is 3.15. The van der Waals surface area contributed by atoms with Gasteiger partial charge in [-0.25, -0.2) is 0 Å². The minimum atomic E-state index is 0.174. The minimum Gasteiger partial charge on any atom is -0.484 e. The number of anilines is 1. The molecule has 1 N–H and O–H groups in total. The van der Waals surface area contributed by atoms with Crippen LogP contribution in [0.3, 0.4) is 0 Å². The van der Waals surface area contributed by atoms with Crippen LogP contribution in [0, 0.1) is 11.3 Å². The first kappa shape index (κ1) is 15.0. The van der Waals surface area contributed by atoms with E-state index in [2.05, 4.69) is 10.3 Å². The van der Waals surface area contributed by atoms with Crippen molar-refractivity contribution in [3.8, 4) is 23.5 Å². The molecule has 23 heavy (non-hydrogen) atoms. The number of nitriles is 1. The van der Waals surface area contributed by atoms with Crippen LogP contribution < -0.4 is 10.1 Å². The first-order valence-corrected chi connectivity index (χ1v) is 7.14. The summed E-state index contributed by atoms with van der Waals surface area (Å²) in [5, 5.41) is 12.3. The Morgan fingerprint density at radius 3 is 2.78 bits per heavy atom. The molecule has 2 heterocycles. The number of rotatable bonds is 5. The quantitative estimate of drug-likeness (QED) is 0.759. The summed E-state index contributed by atoms with van der Waals surface area (Å²) < 4.78 is 16.7. The van der Waals surface area contributed by atoms with Gasteiger partial charge in [-0.15, -0.1) is 0 Å². The third-order valence-electron chi connectivity index (χ3n) is 3.04. The summed E-state index contributed by atoms with van der Waals surface area (Å²) in [4.78, 5) is 4.07. The van der Waals surface area contributed by atoms with Gasteiger partial charge in [0.2, 0.25) is 11.6 Å². The molecule has 116 valence electrons. The SMILES string of the molecule is CNc1oc(-c2ccc(COc3ccccc3Cl)o2)nc1C#N. The van der Waals surface area contributed by atoms with Crippen molar-refractivity contribution < 1.29 is 13.6 Å². The van der Waals surface area contributed by atoms with E-state index >= 15 is 0 Å². The van der Waals surface area contributed by atoms with Crippen molar-refractivity contribution >= 4 is 17.5 Å². The lowest BCUT2D eigenvalue weighted by molar-refractivity contribution is 0.271. The van der Waals surface area contributed by atoms with Crippen LogP contribution in [-0.2, 0) is 6.61 Å². The molecule has 7 heteroatoms. The first-order chi connectivity index (χ1) is 11.2. The summed E-state index contributed by atoms with van der Waals surface area (Å²) in [6, 6.07) is 12.6. The van der Waals surface area contributed by atoms with Crippen LogP contribution in [0.5, 0.6) is 5.75 Å². The van der Waals surface area contributed by atoms with Crippen molar-refractivity contribution in [1.29, 1.82) is 5.26 Å². The highest BCUT2D eigenvalue weighted by Gasteiger charge is 2.16. The Balaban J connectivity index is 1.75. The van der Waals surface area contributed by atoms with E-state index in [1.54, 1.807) is 31.3 Å². The van der Waals surface area contributed by atoms with Gasteiger partial charge in [0.1, 0.15) is 24.2 Å². The predicted molar refractivity (Wildman–Crippen MR) is 84.3 cm³/mol. The van der Waals surface area contributed by atoms with E-state index in [0.29, 0.717) is 28.2 Å². The van der Waals surface area contributed by atoms with Crippen LogP contribution in [0.1, 0.15) is 11.5 Å². The van der Waals surface area contributed by atoms with Gasteiger partial charge in [-0.05, 0) is 24.3 Å². The molecule has 3 aromatic rings. The molecule has 3 rings (SSSR count). The van der Waals surface area contributed by atoms with Crippen LogP contribution in [0.4, 0.5) is 5.88 Å². The lowest BCUT2D eigenvalue weighted by atomic mass is 10.3. The van der Waals surface area contributed by atoms with Gasteiger partial charge >= 0.3 is 0 Å². The molecule has 0 radical (unpaired) electrons. The lowest BCUT2D eigenvalue weighted by Gasteiger charge is -2.05. The number of ether oxygens (including phenoxy) is 1. The number of aromatic nitrogens is 1. The summed E-state index contributed by atoms with van der Waals surface area (Å²) >= 11 is 6.03. The van der Waals surface area contributed by atoms with E-state index in [1.165, 1.54) is 0 Å². The van der Waals surface area contributed by atoms with Gasteiger partial charge in [0, 0.05) is 7.05 Å². The van der Waals surface area contributed by atoms with Gasteiger partial charge < -0.3 is 18.9 Å². The number of nitrogens with one attached hydrogen (secondary N) is 1. The highest BCUT2D eigenvalue weighted by Crippen LogP contribution is 2.28. The largest absolute Gasteiger partial charge is 0.484 e. The Hall–Kier alpha value is -2.91. The van der Waals surface area contributed by atoms with Gasteiger partial charge in [-0.3, -0.25) is 0 Å². The zero-order valence-electron chi connectivity index (χ0n) is 12.2. The molecule has 0 aliphatic heterocycles. The molecule has 2 aromatic heterocycles. The second-order valence-corrected chi connectivity index (χ2v) is 4.95. The molecular weight excluding hydrogens is 318 g/mol. The molecule has 6 nitrogen and oxygen atoms in total. The second kappa shape index (κ2) is 6.46. The maximum absolute atomic E-state index is 8.98. The van der Waals surface area contributed by atoms with Crippen LogP contribution >= 0.6 is 11.6 Å². The Morgan fingerprint density at radius 2 is 2.09 bits per heavy atom. The first-order valence-electron chi connectivity index (χ1n) is 6.76. The molecule has 0 amide bonds. The predicted octanol–water partition coefficient (Wildman–Crippen LogP) is 4.08. The maximum Gasteiger partial charge on any atom is 0.266 e. The highest BCUT2D eigenvalue weighted by atomic mass is 35.5. The summed E-state index contributed by atoms with van der Waals surface area (Å²) in [6.45, 7) is 0.217.